The molecule has 0 spiro atoms. The molecule has 52 valence electrons. The van der Waals surface area contributed by atoms with Gasteiger partial charge in [0.15, 0.2) is 0 Å². The first-order chi connectivity index (χ1) is 4.38. The summed E-state index contributed by atoms with van der Waals surface area (Å²) in [6, 6.07) is 0.755. The van der Waals surface area contributed by atoms with Gasteiger partial charge in [-0.25, -0.2) is 0 Å². The van der Waals surface area contributed by atoms with E-state index in [1.807, 2.05) is 0 Å². The molecule has 2 aliphatic rings. The zero-order valence-corrected chi connectivity index (χ0v) is 5.85. The van der Waals surface area contributed by atoms with Crippen LogP contribution >= 0.6 is 0 Å². The van der Waals surface area contributed by atoms with E-state index in [0.29, 0.717) is 0 Å². The van der Waals surface area contributed by atoms with Crippen molar-refractivity contribution < 1.29 is 0 Å². The van der Waals surface area contributed by atoms with Gasteiger partial charge in [-0.05, 0) is 38.4 Å². The lowest BCUT2D eigenvalue weighted by atomic mass is 9.95. The number of hydrogen-bond donors (Lipinski definition) is 2. The summed E-state index contributed by atoms with van der Waals surface area (Å²) in [6.07, 6.45) is 0. The fourth-order valence-corrected chi connectivity index (χ4v) is 2.05. The molecule has 2 aliphatic heterocycles. The van der Waals surface area contributed by atoms with Crippen LogP contribution in [0.2, 0.25) is 0 Å². The standard InChI is InChI=1S/C7H14N2/c1-5-7-4-8-2-6(7)3-9-5/h5-9H,2-4H2,1H3. The smallest absolute Gasteiger partial charge is 0.00828 e. The Hall–Kier alpha value is -0.0800. The van der Waals surface area contributed by atoms with E-state index in [2.05, 4.69) is 17.6 Å². The maximum Gasteiger partial charge on any atom is 0.00828 e. The predicted octanol–water partition coefficient (Wildman–Crippen LogP) is -0.186. The van der Waals surface area contributed by atoms with Gasteiger partial charge in [0, 0.05) is 6.04 Å². The molecule has 9 heavy (non-hydrogen) atoms. The third kappa shape index (κ3) is 0.775. The van der Waals surface area contributed by atoms with Gasteiger partial charge in [0.25, 0.3) is 0 Å². The second kappa shape index (κ2) is 1.96. The lowest BCUT2D eigenvalue weighted by Gasteiger charge is -2.10. The van der Waals surface area contributed by atoms with Crippen LogP contribution in [0.4, 0.5) is 0 Å². The van der Waals surface area contributed by atoms with Crippen LogP contribution in [-0.4, -0.2) is 25.7 Å². The van der Waals surface area contributed by atoms with Crippen molar-refractivity contribution in [3.8, 4) is 0 Å². The van der Waals surface area contributed by atoms with Crippen LogP contribution in [-0.2, 0) is 0 Å². The van der Waals surface area contributed by atoms with Gasteiger partial charge in [0.05, 0.1) is 0 Å². The van der Waals surface area contributed by atoms with Crippen LogP contribution in [0.1, 0.15) is 6.92 Å². The average Bonchev–Trinajstić information content (AvgIpc) is 2.35. The highest BCUT2D eigenvalue weighted by Gasteiger charge is 2.35. The molecule has 0 aromatic rings. The molecule has 3 unspecified atom stereocenters. The van der Waals surface area contributed by atoms with Crippen molar-refractivity contribution in [2.24, 2.45) is 11.8 Å². The number of nitrogens with one attached hydrogen (secondary N) is 2. The first-order valence-electron chi connectivity index (χ1n) is 3.82. The summed E-state index contributed by atoms with van der Waals surface area (Å²) in [7, 11) is 0. The Bertz CT molecular complexity index is 113. The van der Waals surface area contributed by atoms with Crippen molar-refractivity contribution in [2.45, 2.75) is 13.0 Å². The summed E-state index contributed by atoms with van der Waals surface area (Å²) in [6.45, 7) is 6.00. The Kier molecular flexibility index (Phi) is 1.24. The monoisotopic (exact) mass is 126 g/mol. The molecule has 0 saturated carbocycles. The third-order valence-corrected chi connectivity index (χ3v) is 2.74. The minimum atomic E-state index is 0.755. The van der Waals surface area contributed by atoms with Crippen molar-refractivity contribution >= 4 is 0 Å². The maximum atomic E-state index is 3.48. The lowest BCUT2D eigenvalue weighted by molar-refractivity contribution is 0.462. The highest BCUT2D eigenvalue weighted by Crippen LogP contribution is 2.24. The summed E-state index contributed by atoms with van der Waals surface area (Å²) in [5.41, 5.74) is 0. The Morgan fingerprint density at radius 1 is 1.22 bits per heavy atom. The molecule has 2 nitrogen and oxygen atoms in total. The Morgan fingerprint density at radius 2 is 2.11 bits per heavy atom. The van der Waals surface area contributed by atoms with Gasteiger partial charge in [0.1, 0.15) is 0 Å². The fourth-order valence-electron chi connectivity index (χ4n) is 2.05. The Balaban J connectivity index is 2.07. The van der Waals surface area contributed by atoms with Crippen LogP contribution in [0.3, 0.4) is 0 Å². The summed E-state index contributed by atoms with van der Waals surface area (Å²) >= 11 is 0. The molecule has 0 radical (unpaired) electrons. The second-order valence-electron chi connectivity index (χ2n) is 3.28. The zero-order chi connectivity index (χ0) is 6.27. The molecule has 2 heterocycles. The van der Waals surface area contributed by atoms with Crippen LogP contribution in [0.5, 0.6) is 0 Å². The van der Waals surface area contributed by atoms with Gasteiger partial charge < -0.3 is 10.6 Å². The topological polar surface area (TPSA) is 24.1 Å². The number of rotatable bonds is 0. The molecule has 0 aliphatic carbocycles. The van der Waals surface area contributed by atoms with Crippen molar-refractivity contribution in [1.82, 2.24) is 10.6 Å². The van der Waals surface area contributed by atoms with Crippen molar-refractivity contribution in [3.05, 3.63) is 0 Å². The molecule has 0 aromatic carbocycles. The predicted molar refractivity (Wildman–Crippen MR) is 37.3 cm³/mol. The van der Waals surface area contributed by atoms with Crippen molar-refractivity contribution in [1.29, 1.82) is 0 Å². The molecular formula is C7H14N2. The molecule has 0 amide bonds. The molecule has 3 atom stereocenters. The van der Waals surface area contributed by atoms with E-state index in [1.165, 1.54) is 19.6 Å². The number of fused-ring (bicyclic) bond motifs is 1. The molecule has 2 fully saturated rings. The number of hydrogen-bond acceptors (Lipinski definition) is 2. The minimum Gasteiger partial charge on any atom is -0.316 e. The largest absolute Gasteiger partial charge is 0.316 e. The summed E-state index contributed by atoms with van der Waals surface area (Å²) in [5.74, 6) is 1.85. The summed E-state index contributed by atoms with van der Waals surface area (Å²) in [5, 5.41) is 6.90. The normalized spacial score (nSPS) is 49.7. The highest BCUT2D eigenvalue weighted by molar-refractivity contribution is 4.94. The highest BCUT2D eigenvalue weighted by atomic mass is 15.0. The van der Waals surface area contributed by atoms with Crippen LogP contribution < -0.4 is 10.6 Å². The van der Waals surface area contributed by atoms with E-state index in [1.54, 1.807) is 0 Å². The third-order valence-electron chi connectivity index (χ3n) is 2.74. The van der Waals surface area contributed by atoms with Crippen LogP contribution in [0.25, 0.3) is 0 Å². The van der Waals surface area contributed by atoms with Crippen LogP contribution in [0.15, 0.2) is 0 Å². The van der Waals surface area contributed by atoms with Gasteiger partial charge in [-0.1, -0.05) is 0 Å². The molecule has 0 aromatic heterocycles. The van der Waals surface area contributed by atoms with E-state index >= 15 is 0 Å². The van der Waals surface area contributed by atoms with Crippen LogP contribution in [0, 0.1) is 11.8 Å². The Morgan fingerprint density at radius 3 is 2.89 bits per heavy atom. The summed E-state index contributed by atoms with van der Waals surface area (Å²) in [4.78, 5) is 0. The maximum absolute atomic E-state index is 3.48. The van der Waals surface area contributed by atoms with Crippen molar-refractivity contribution in [2.75, 3.05) is 19.6 Å². The van der Waals surface area contributed by atoms with Gasteiger partial charge in [-0.3, -0.25) is 0 Å². The molecule has 2 N–H and O–H groups in total. The summed E-state index contributed by atoms with van der Waals surface area (Å²) < 4.78 is 0. The van der Waals surface area contributed by atoms with Gasteiger partial charge >= 0.3 is 0 Å². The van der Waals surface area contributed by atoms with E-state index in [0.717, 1.165) is 17.9 Å². The first-order valence-corrected chi connectivity index (χ1v) is 3.82. The molecule has 2 rings (SSSR count). The molecular weight excluding hydrogens is 112 g/mol. The molecule has 2 saturated heterocycles. The molecule has 0 bridgehead atoms. The second-order valence-corrected chi connectivity index (χ2v) is 3.28. The Labute approximate surface area is 56.0 Å². The van der Waals surface area contributed by atoms with E-state index in [-0.39, 0.29) is 0 Å². The van der Waals surface area contributed by atoms with E-state index in [4.69, 9.17) is 0 Å². The van der Waals surface area contributed by atoms with Gasteiger partial charge in [0.2, 0.25) is 0 Å². The quantitative estimate of drug-likeness (QED) is 0.470. The zero-order valence-electron chi connectivity index (χ0n) is 5.85. The fraction of sp³-hybridized carbons (Fsp3) is 1.00. The SMILES string of the molecule is CC1NCC2CNCC21. The first kappa shape index (κ1) is 5.69. The van der Waals surface area contributed by atoms with Gasteiger partial charge in [-0.15, -0.1) is 0 Å². The van der Waals surface area contributed by atoms with Crippen molar-refractivity contribution in [3.63, 3.8) is 0 Å². The van der Waals surface area contributed by atoms with E-state index in [9.17, 15) is 0 Å². The van der Waals surface area contributed by atoms with Gasteiger partial charge in [-0.2, -0.15) is 0 Å². The average molecular weight is 126 g/mol. The minimum absolute atomic E-state index is 0.755. The molecule has 2 heteroatoms. The lowest BCUT2D eigenvalue weighted by Crippen LogP contribution is -2.27. The van der Waals surface area contributed by atoms with E-state index < -0.39 is 0 Å².